The molecule has 0 saturated heterocycles. The van der Waals surface area contributed by atoms with Crippen molar-refractivity contribution in [2.75, 3.05) is 12.4 Å². The van der Waals surface area contributed by atoms with Crippen molar-refractivity contribution in [3.8, 4) is 11.4 Å². The molecule has 0 atom stereocenters. The van der Waals surface area contributed by atoms with Crippen LogP contribution in [0.1, 0.15) is 42.6 Å². The molecular formula is C26H26FN5O6. The largest absolute Gasteiger partial charge is 0.469 e. The van der Waals surface area contributed by atoms with Crippen LogP contribution in [0.25, 0.3) is 16.9 Å². The summed E-state index contributed by atoms with van der Waals surface area (Å²) >= 11 is 0. The van der Waals surface area contributed by atoms with Crippen LogP contribution in [-0.2, 0) is 27.2 Å². The Balaban J connectivity index is 1.63. The number of hydrogen-bond donors (Lipinski definition) is 2. The highest BCUT2D eigenvalue weighted by molar-refractivity contribution is 6.08. The second-order valence-electron chi connectivity index (χ2n) is 9.22. The van der Waals surface area contributed by atoms with Crippen LogP contribution in [0.3, 0.4) is 0 Å². The first-order valence-corrected chi connectivity index (χ1v) is 11.6. The van der Waals surface area contributed by atoms with Crippen molar-refractivity contribution in [1.82, 2.24) is 19.9 Å². The SMILES string of the molecule is COC(=O)Cc1occc1NC(=O)c1nc(-c2cccc(CNC(=O)OC(C)(C)C)c2F)nn2cccc12. The fraction of sp³-hybridized carbons (Fsp3) is 0.269. The molecule has 0 saturated carbocycles. The molecule has 38 heavy (non-hydrogen) atoms. The summed E-state index contributed by atoms with van der Waals surface area (Å²) in [7, 11) is 1.25. The van der Waals surface area contributed by atoms with Crippen LogP contribution in [0.2, 0.25) is 0 Å². The van der Waals surface area contributed by atoms with Gasteiger partial charge < -0.3 is 24.5 Å². The minimum atomic E-state index is -0.696. The number of nitrogens with zero attached hydrogens (tertiary/aromatic N) is 3. The molecule has 1 aromatic carbocycles. The van der Waals surface area contributed by atoms with Gasteiger partial charge in [-0.05, 0) is 39.0 Å². The number of hydrogen-bond acceptors (Lipinski definition) is 8. The molecule has 2 amide bonds. The van der Waals surface area contributed by atoms with E-state index in [9.17, 15) is 14.4 Å². The number of fused-ring (bicyclic) bond motifs is 1. The Morgan fingerprint density at radius 3 is 2.66 bits per heavy atom. The maximum Gasteiger partial charge on any atom is 0.407 e. The molecule has 4 rings (SSSR count). The van der Waals surface area contributed by atoms with Gasteiger partial charge in [0.15, 0.2) is 11.5 Å². The minimum Gasteiger partial charge on any atom is -0.469 e. The van der Waals surface area contributed by atoms with E-state index in [1.54, 1.807) is 45.2 Å². The van der Waals surface area contributed by atoms with Crippen molar-refractivity contribution in [1.29, 1.82) is 0 Å². The number of rotatable bonds is 7. The third-order valence-corrected chi connectivity index (χ3v) is 5.27. The number of halogens is 1. The van der Waals surface area contributed by atoms with E-state index in [1.807, 2.05) is 0 Å². The van der Waals surface area contributed by atoms with Gasteiger partial charge in [-0.3, -0.25) is 9.59 Å². The summed E-state index contributed by atoms with van der Waals surface area (Å²) in [5, 5.41) is 9.55. The zero-order valence-electron chi connectivity index (χ0n) is 21.2. The number of anilines is 1. The molecule has 198 valence electrons. The van der Waals surface area contributed by atoms with Crippen molar-refractivity contribution < 1.29 is 32.7 Å². The van der Waals surface area contributed by atoms with Crippen LogP contribution in [-0.4, -0.2) is 45.3 Å². The van der Waals surface area contributed by atoms with Gasteiger partial charge in [0, 0.05) is 24.4 Å². The number of ether oxygens (including phenoxy) is 2. The molecule has 3 aromatic heterocycles. The highest BCUT2D eigenvalue weighted by Crippen LogP contribution is 2.25. The zero-order valence-corrected chi connectivity index (χ0v) is 21.2. The maximum atomic E-state index is 15.5. The normalized spacial score (nSPS) is 11.3. The summed E-state index contributed by atoms with van der Waals surface area (Å²) < 4.78 is 32.0. The Bertz CT molecular complexity index is 1500. The summed E-state index contributed by atoms with van der Waals surface area (Å²) in [5.41, 5.74) is 0.146. The number of aromatic nitrogens is 3. The molecule has 0 aliphatic carbocycles. The molecule has 2 N–H and O–H groups in total. The quantitative estimate of drug-likeness (QED) is 0.345. The predicted octanol–water partition coefficient (Wildman–Crippen LogP) is 4.12. The van der Waals surface area contributed by atoms with E-state index < -0.39 is 29.4 Å². The molecule has 11 nitrogen and oxygen atoms in total. The van der Waals surface area contributed by atoms with Gasteiger partial charge in [-0.2, -0.15) is 0 Å². The first-order chi connectivity index (χ1) is 18.1. The fourth-order valence-electron chi connectivity index (χ4n) is 3.56. The summed E-state index contributed by atoms with van der Waals surface area (Å²) in [6.45, 7) is 5.05. The number of carbonyl (C=O) groups excluding carboxylic acids is 3. The van der Waals surface area contributed by atoms with E-state index in [-0.39, 0.29) is 47.1 Å². The predicted molar refractivity (Wildman–Crippen MR) is 134 cm³/mol. The van der Waals surface area contributed by atoms with Crippen LogP contribution < -0.4 is 10.6 Å². The van der Waals surface area contributed by atoms with Gasteiger partial charge in [0.1, 0.15) is 23.6 Å². The third-order valence-electron chi connectivity index (χ3n) is 5.27. The van der Waals surface area contributed by atoms with Crippen LogP contribution >= 0.6 is 0 Å². The van der Waals surface area contributed by atoms with E-state index >= 15 is 4.39 Å². The van der Waals surface area contributed by atoms with E-state index in [1.165, 1.54) is 36.1 Å². The molecular weight excluding hydrogens is 497 g/mol. The summed E-state index contributed by atoms with van der Waals surface area (Å²) in [4.78, 5) is 41.2. The van der Waals surface area contributed by atoms with E-state index in [0.29, 0.717) is 5.52 Å². The highest BCUT2D eigenvalue weighted by atomic mass is 19.1. The van der Waals surface area contributed by atoms with Crippen LogP contribution in [0.15, 0.2) is 53.3 Å². The van der Waals surface area contributed by atoms with Gasteiger partial charge >= 0.3 is 12.1 Å². The smallest absolute Gasteiger partial charge is 0.407 e. The molecule has 0 fully saturated rings. The monoisotopic (exact) mass is 523 g/mol. The van der Waals surface area contributed by atoms with Crippen molar-refractivity contribution >= 4 is 29.2 Å². The summed E-state index contributed by atoms with van der Waals surface area (Å²) in [6, 6.07) is 9.39. The Morgan fingerprint density at radius 1 is 1.13 bits per heavy atom. The first-order valence-electron chi connectivity index (χ1n) is 11.6. The summed E-state index contributed by atoms with van der Waals surface area (Å²) in [6.07, 6.45) is 2.07. The van der Waals surface area contributed by atoms with Gasteiger partial charge in [-0.1, -0.05) is 12.1 Å². The lowest BCUT2D eigenvalue weighted by Gasteiger charge is -2.19. The standard InChI is InChI=1S/C26H26FN5O6/c1-26(2,3)38-25(35)28-14-15-7-5-8-16(21(15)27)23-30-22(18-9-6-11-32(18)31-23)24(34)29-17-10-12-37-19(17)13-20(33)36-4/h5-12H,13-14H2,1-4H3,(H,28,35)(H,29,34). The lowest BCUT2D eigenvalue weighted by atomic mass is 10.1. The second kappa shape index (κ2) is 10.7. The number of esters is 1. The third kappa shape index (κ3) is 5.97. The number of benzene rings is 1. The number of amides is 2. The average Bonchev–Trinajstić information content (AvgIpc) is 3.51. The Morgan fingerprint density at radius 2 is 1.92 bits per heavy atom. The van der Waals surface area contributed by atoms with Crippen LogP contribution in [0, 0.1) is 5.82 Å². The van der Waals surface area contributed by atoms with Gasteiger partial charge in [-0.25, -0.2) is 18.7 Å². The van der Waals surface area contributed by atoms with Crippen LogP contribution in [0.5, 0.6) is 0 Å². The topological polar surface area (TPSA) is 137 Å². The summed E-state index contributed by atoms with van der Waals surface area (Å²) in [5.74, 6) is -1.64. The van der Waals surface area contributed by atoms with Crippen LogP contribution in [0.4, 0.5) is 14.9 Å². The van der Waals surface area contributed by atoms with Gasteiger partial charge in [0.2, 0.25) is 0 Å². The van der Waals surface area contributed by atoms with E-state index in [0.717, 1.165) is 0 Å². The molecule has 12 heteroatoms. The average molecular weight is 524 g/mol. The lowest BCUT2D eigenvalue weighted by Crippen LogP contribution is -2.32. The number of alkyl carbamates (subject to hydrolysis) is 1. The molecule has 0 aliphatic rings. The number of nitrogens with one attached hydrogen (secondary N) is 2. The van der Waals surface area contributed by atoms with Crippen molar-refractivity contribution in [3.05, 3.63) is 71.7 Å². The highest BCUT2D eigenvalue weighted by Gasteiger charge is 2.22. The van der Waals surface area contributed by atoms with E-state index in [2.05, 4.69) is 25.5 Å². The number of methoxy groups -OCH3 is 1. The van der Waals surface area contributed by atoms with E-state index in [4.69, 9.17) is 9.15 Å². The maximum absolute atomic E-state index is 15.5. The van der Waals surface area contributed by atoms with Gasteiger partial charge in [0.05, 0.1) is 30.1 Å². The van der Waals surface area contributed by atoms with Crippen molar-refractivity contribution in [3.63, 3.8) is 0 Å². The molecule has 4 aromatic rings. The zero-order chi connectivity index (χ0) is 27.4. The van der Waals surface area contributed by atoms with Gasteiger partial charge in [0.25, 0.3) is 5.91 Å². The fourth-order valence-corrected chi connectivity index (χ4v) is 3.56. The Hall–Kier alpha value is -4.74. The Labute approximate surface area is 216 Å². The Kier molecular flexibility index (Phi) is 7.42. The molecule has 0 unspecified atom stereocenters. The number of carbonyl (C=O) groups is 3. The molecule has 0 aliphatic heterocycles. The van der Waals surface area contributed by atoms with Crippen molar-refractivity contribution in [2.24, 2.45) is 0 Å². The molecule has 0 bridgehead atoms. The molecule has 3 heterocycles. The number of furan rings is 1. The first kappa shape index (κ1) is 26.3. The molecule has 0 spiro atoms. The second-order valence-corrected chi connectivity index (χ2v) is 9.22. The molecule has 0 radical (unpaired) electrons. The van der Waals surface area contributed by atoms with Gasteiger partial charge in [-0.15, -0.1) is 5.10 Å². The lowest BCUT2D eigenvalue weighted by molar-refractivity contribution is -0.140. The van der Waals surface area contributed by atoms with Crippen molar-refractivity contribution in [2.45, 2.75) is 39.3 Å². The minimum absolute atomic E-state index is 0.0260.